The third-order valence-electron chi connectivity index (χ3n) is 2.48. The van der Waals surface area contributed by atoms with Gasteiger partial charge in [0.1, 0.15) is 0 Å². The lowest BCUT2D eigenvalue weighted by Gasteiger charge is -2.12. The number of rotatable bonds is 6. The van der Waals surface area contributed by atoms with Crippen LogP contribution in [0.2, 0.25) is 0 Å². The summed E-state index contributed by atoms with van der Waals surface area (Å²) in [5, 5.41) is 7.67. The third kappa shape index (κ3) is 3.69. The number of aromatic nitrogens is 1. The van der Waals surface area contributed by atoms with Crippen molar-refractivity contribution < 1.29 is 23.1 Å². The van der Waals surface area contributed by atoms with Crippen molar-refractivity contribution in [2.45, 2.75) is 24.3 Å². The lowest BCUT2D eigenvalue weighted by molar-refractivity contribution is -0.136. The number of carbonyl (C=O) groups is 1. The molecule has 1 unspecified atom stereocenters. The lowest BCUT2D eigenvalue weighted by Crippen LogP contribution is -2.23. The highest BCUT2D eigenvalue weighted by molar-refractivity contribution is 7.91. The maximum atomic E-state index is 12.0. The van der Waals surface area contributed by atoms with E-state index in [4.69, 9.17) is 9.84 Å². The van der Waals surface area contributed by atoms with Gasteiger partial charge in [-0.2, -0.15) is 0 Å². The summed E-state index contributed by atoms with van der Waals surface area (Å²) in [4.78, 5) is 14.4. The molecule has 0 aliphatic rings. The highest BCUT2D eigenvalue weighted by Crippen LogP contribution is 2.20. The second-order valence-corrected chi connectivity index (χ2v) is 6.31. The van der Waals surface area contributed by atoms with Gasteiger partial charge in [-0.25, -0.2) is 13.4 Å². The standard InChI is InChI=1S/C11H15NO5S/c1-8(6-10(13)14)18(15,16)7-9-4-3-5-12-11(9)17-2/h3-5,8H,6-7H2,1-2H3,(H,13,14). The van der Waals surface area contributed by atoms with Gasteiger partial charge in [-0.3, -0.25) is 4.79 Å². The van der Waals surface area contributed by atoms with Gasteiger partial charge < -0.3 is 9.84 Å². The van der Waals surface area contributed by atoms with Crippen LogP contribution in [0.1, 0.15) is 18.9 Å². The second kappa shape index (κ2) is 5.81. The fourth-order valence-electron chi connectivity index (χ4n) is 1.45. The lowest BCUT2D eigenvalue weighted by atomic mass is 10.3. The fraction of sp³-hybridized carbons (Fsp3) is 0.455. The molecule has 1 rings (SSSR count). The summed E-state index contributed by atoms with van der Waals surface area (Å²) in [5.41, 5.74) is 0.428. The quantitative estimate of drug-likeness (QED) is 0.826. The molecule has 1 atom stereocenters. The molecule has 0 amide bonds. The molecular formula is C11H15NO5S. The molecule has 6 nitrogen and oxygen atoms in total. The molecule has 0 radical (unpaired) electrons. The van der Waals surface area contributed by atoms with Crippen molar-refractivity contribution in [3.8, 4) is 5.88 Å². The molecule has 0 spiro atoms. The Hall–Kier alpha value is -1.63. The molecule has 1 aromatic heterocycles. The average Bonchev–Trinajstić information content (AvgIpc) is 2.28. The van der Waals surface area contributed by atoms with Crippen molar-refractivity contribution in [1.29, 1.82) is 0 Å². The number of ether oxygens (including phenoxy) is 1. The van der Waals surface area contributed by atoms with Crippen LogP contribution in [-0.4, -0.2) is 36.8 Å². The maximum Gasteiger partial charge on any atom is 0.304 e. The minimum atomic E-state index is -3.54. The van der Waals surface area contributed by atoms with E-state index in [2.05, 4.69) is 4.98 Å². The van der Waals surface area contributed by atoms with E-state index < -0.39 is 27.5 Å². The number of hydrogen-bond donors (Lipinski definition) is 1. The van der Waals surface area contributed by atoms with Gasteiger partial charge in [-0.05, 0) is 13.0 Å². The summed E-state index contributed by atoms with van der Waals surface area (Å²) in [6, 6.07) is 3.20. The molecular weight excluding hydrogens is 258 g/mol. The Kier molecular flexibility index (Phi) is 4.66. The smallest absolute Gasteiger partial charge is 0.304 e. The zero-order valence-electron chi connectivity index (χ0n) is 10.2. The van der Waals surface area contributed by atoms with Gasteiger partial charge >= 0.3 is 5.97 Å². The van der Waals surface area contributed by atoms with Crippen molar-refractivity contribution in [3.05, 3.63) is 23.9 Å². The number of carboxylic acids is 1. The van der Waals surface area contributed by atoms with E-state index in [9.17, 15) is 13.2 Å². The molecule has 0 aliphatic heterocycles. The monoisotopic (exact) mass is 273 g/mol. The molecule has 0 bridgehead atoms. The van der Waals surface area contributed by atoms with Crippen LogP contribution in [0.5, 0.6) is 5.88 Å². The Balaban J connectivity index is 2.92. The van der Waals surface area contributed by atoms with Crippen LogP contribution in [0.4, 0.5) is 0 Å². The van der Waals surface area contributed by atoms with E-state index in [1.807, 2.05) is 0 Å². The van der Waals surface area contributed by atoms with Crippen LogP contribution in [-0.2, 0) is 20.4 Å². The van der Waals surface area contributed by atoms with E-state index >= 15 is 0 Å². The van der Waals surface area contributed by atoms with E-state index in [0.717, 1.165) is 0 Å². The summed E-state index contributed by atoms with van der Waals surface area (Å²) in [7, 11) is -2.14. The first-order valence-electron chi connectivity index (χ1n) is 5.28. The summed E-state index contributed by atoms with van der Waals surface area (Å²) < 4.78 is 28.9. The first-order chi connectivity index (χ1) is 8.36. The largest absolute Gasteiger partial charge is 0.481 e. The van der Waals surface area contributed by atoms with Gasteiger partial charge in [0, 0.05) is 11.8 Å². The Morgan fingerprint density at radius 3 is 2.78 bits per heavy atom. The topological polar surface area (TPSA) is 93.6 Å². The van der Waals surface area contributed by atoms with E-state index in [0.29, 0.717) is 5.56 Å². The van der Waals surface area contributed by atoms with Gasteiger partial charge in [-0.15, -0.1) is 0 Å². The molecule has 1 heterocycles. The van der Waals surface area contributed by atoms with Gasteiger partial charge in [0.15, 0.2) is 9.84 Å². The molecule has 0 aromatic carbocycles. The molecule has 0 fully saturated rings. The van der Waals surface area contributed by atoms with Crippen LogP contribution < -0.4 is 4.74 Å². The number of hydrogen-bond acceptors (Lipinski definition) is 5. The first kappa shape index (κ1) is 14.4. The van der Waals surface area contributed by atoms with Gasteiger partial charge in [-0.1, -0.05) is 6.07 Å². The molecule has 100 valence electrons. The number of pyridine rings is 1. The Morgan fingerprint density at radius 1 is 1.56 bits per heavy atom. The van der Waals surface area contributed by atoms with Crippen molar-refractivity contribution in [3.63, 3.8) is 0 Å². The number of carboxylic acid groups (broad SMARTS) is 1. The fourth-order valence-corrected chi connectivity index (χ4v) is 2.78. The third-order valence-corrected chi connectivity index (χ3v) is 4.58. The molecule has 0 aliphatic carbocycles. The molecule has 1 aromatic rings. The Morgan fingerprint density at radius 2 is 2.22 bits per heavy atom. The number of nitrogens with zero attached hydrogens (tertiary/aromatic N) is 1. The number of sulfone groups is 1. The molecule has 0 saturated heterocycles. The average molecular weight is 273 g/mol. The first-order valence-corrected chi connectivity index (χ1v) is 6.99. The molecule has 7 heteroatoms. The van der Waals surface area contributed by atoms with Crippen LogP contribution in [0.25, 0.3) is 0 Å². The normalized spacial score (nSPS) is 13.0. The highest BCUT2D eigenvalue weighted by Gasteiger charge is 2.25. The summed E-state index contributed by atoms with van der Waals surface area (Å²) in [5.74, 6) is -1.17. The zero-order valence-corrected chi connectivity index (χ0v) is 11.0. The van der Waals surface area contributed by atoms with E-state index in [-0.39, 0.29) is 11.6 Å². The van der Waals surface area contributed by atoms with Crippen LogP contribution >= 0.6 is 0 Å². The SMILES string of the molecule is COc1ncccc1CS(=O)(=O)C(C)CC(=O)O. The Bertz CT molecular complexity index is 526. The highest BCUT2D eigenvalue weighted by atomic mass is 32.2. The van der Waals surface area contributed by atoms with Crippen molar-refractivity contribution in [1.82, 2.24) is 4.98 Å². The summed E-state index contributed by atoms with van der Waals surface area (Å²) >= 11 is 0. The van der Waals surface area contributed by atoms with Gasteiger partial charge in [0.2, 0.25) is 5.88 Å². The second-order valence-electron chi connectivity index (χ2n) is 3.89. The predicted octanol–water partition coefficient (Wildman–Crippen LogP) is 0.868. The molecule has 0 saturated carbocycles. The van der Waals surface area contributed by atoms with Crippen LogP contribution in [0, 0.1) is 0 Å². The molecule has 18 heavy (non-hydrogen) atoms. The molecule has 1 N–H and O–H groups in total. The van der Waals surface area contributed by atoms with Crippen molar-refractivity contribution in [2.75, 3.05) is 7.11 Å². The van der Waals surface area contributed by atoms with Gasteiger partial charge in [0.25, 0.3) is 0 Å². The zero-order chi connectivity index (χ0) is 13.8. The summed E-state index contributed by atoms with van der Waals surface area (Å²) in [6.45, 7) is 1.38. The Labute approximate surface area is 106 Å². The van der Waals surface area contributed by atoms with Crippen LogP contribution in [0.3, 0.4) is 0 Å². The number of methoxy groups -OCH3 is 1. The van der Waals surface area contributed by atoms with Gasteiger partial charge in [0.05, 0.1) is 24.5 Å². The minimum absolute atomic E-state index is 0.239. The van der Waals surface area contributed by atoms with Crippen molar-refractivity contribution in [2.24, 2.45) is 0 Å². The van der Waals surface area contributed by atoms with E-state index in [1.165, 1.54) is 20.2 Å². The number of aliphatic carboxylic acids is 1. The summed E-state index contributed by atoms with van der Waals surface area (Å²) in [6.07, 6.45) is 1.08. The van der Waals surface area contributed by atoms with Crippen LogP contribution in [0.15, 0.2) is 18.3 Å². The van der Waals surface area contributed by atoms with Crippen molar-refractivity contribution >= 4 is 15.8 Å². The predicted molar refractivity (Wildman–Crippen MR) is 65.1 cm³/mol. The minimum Gasteiger partial charge on any atom is -0.481 e. The van der Waals surface area contributed by atoms with E-state index in [1.54, 1.807) is 12.1 Å². The maximum absolute atomic E-state index is 12.0.